The molecule has 0 spiro atoms. The summed E-state index contributed by atoms with van der Waals surface area (Å²) in [6, 6.07) is 4.64. The van der Waals surface area contributed by atoms with Crippen molar-refractivity contribution in [3.8, 4) is 0 Å². The molecule has 1 N–H and O–H groups in total. The van der Waals surface area contributed by atoms with Crippen molar-refractivity contribution < 1.29 is 8.78 Å². The second-order valence-corrected chi connectivity index (χ2v) is 5.45. The van der Waals surface area contributed by atoms with Gasteiger partial charge in [0.15, 0.2) is 0 Å². The topological polar surface area (TPSA) is 15.3 Å². The molecule has 0 saturated carbocycles. The van der Waals surface area contributed by atoms with Crippen LogP contribution < -0.4 is 5.32 Å². The second kappa shape index (κ2) is 6.44. The molecular formula is C15H22F2N2. The Balaban J connectivity index is 2.03. The number of hydrogen-bond donors (Lipinski definition) is 1. The minimum atomic E-state index is -0.497. The lowest BCUT2D eigenvalue weighted by Crippen LogP contribution is -2.54. The molecule has 19 heavy (non-hydrogen) atoms. The maximum Gasteiger partial charge on any atom is 0.126 e. The van der Waals surface area contributed by atoms with Crippen LogP contribution >= 0.6 is 0 Å². The van der Waals surface area contributed by atoms with Gasteiger partial charge in [0.2, 0.25) is 0 Å². The summed E-state index contributed by atoms with van der Waals surface area (Å²) in [5.74, 6) is -0.995. The van der Waals surface area contributed by atoms with Crippen molar-refractivity contribution >= 4 is 0 Å². The summed E-state index contributed by atoms with van der Waals surface area (Å²) in [5.41, 5.74) is 0.710. The van der Waals surface area contributed by atoms with Crippen LogP contribution in [0.15, 0.2) is 18.2 Å². The Morgan fingerprint density at radius 1 is 1.26 bits per heavy atom. The van der Waals surface area contributed by atoms with Crippen LogP contribution in [0.2, 0.25) is 0 Å². The third kappa shape index (κ3) is 3.98. The van der Waals surface area contributed by atoms with E-state index in [-0.39, 0.29) is 0 Å². The number of halogens is 2. The Morgan fingerprint density at radius 3 is 2.58 bits per heavy atom. The molecule has 2 atom stereocenters. The Kier molecular flexibility index (Phi) is 4.88. The van der Waals surface area contributed by atoms with Crippen molar-refractivity contribution in [2.24, 2.45) is 0 Å². The largest absolute Gasteiger partial charge is 0.311 e. The first-order valence-electron chi connectivity index (χ1n) is 7.01. The number of nitrogens with one attached hydrogen (secondary N) is 1. The van der Waals surface area contributed by atoms with E-state index in [0.29, 0.717) is 24.2 Å². The summed E-state index contributed by atoms with van der Waals surface area (Å²) in [5, 5.41) is 3.52. The molecule has 0 aliphatic carbocycles. The number of hydrogen-bond acceptors (Lipinski definition) is 2. The average molecular weight is 268 g/mol. The quantitative estimate of drug-likeness (QED) is 0.903. The third-order valence-electron chi connectivity index (χ3n) is 3.73. The molecule has 0 bridgehead atoms. The zero-order chi connectivity index (χ0) is 13.8. The molecule has 1 aromatic rings. The first kappa shape index (κ1) is 14.4. The summed E-state index contributed by atoms with van der Waals surface area (Å²) >= 11 is 0. The van der Waals surface area contributed by atoms with Crippen LogP contribution in [0.1, 0.15) is 32.3 Å². The van der Waals surface area contributed by atoms with Gasteiger partial charge in [0.1, 0.15) is 11.6 Å². The minimum Gasteiger partial charge on any atom is -0.311 e. The highest BCUT2D eigenvalue weighted by molar-refractivity contribution is 5.18. The molecule has 0 radical (unpaired) electrons. The van der Waals surface area contributed by atoms with Crippen LogP contribution in [0.3, 0.4) is 0 Å². The molecular weight excluding hydrogens is 246 g/mol. The highest BCUT2D eigenvalue weighted by Crippen LogP contribution is 2.16. The fourth-order valence-corrected chi connectivity index (χ4v) is 2.69. The highest BCUT2D eigenvalue weighted by Gasteiger charge is 2.24. The fourth-order valence-electron chi connectivity index (χ4n) is 2.69. The van der Waals surface area contributed by atoms with Crippen LogP contribution in [0.5, 0.6) is 0 Å². The molecule has 1 saturated heterocycles. The molecule has 2 nitrogen and oxygen atoms in total. The van der Waals surface area contributed by atoms with Crippen molar-refractivity contribution in [1.29, 1.82) is 0 Å². The van der Waals surface area contributed by atoms with E-state index in [1.807, 2.05) is 0 Å². The summed E-state index contributed by atoms with van der Waals surface area (Å²) in [4.78, 5) is 2.30. The molecule has 1 fully saturated rings. The SMILES string of the molecule is CCCC1CN(Cc2cc(F)cc(F)c2)C(C)CN1. The van der Waals surface area contributed by atoms with Crippen LogP contribution in [0.25, 0.3) is 0 Å². The molecule has 4 heteroatoms. The zero-order valence-corrected chi connectivity index (χ0v) is 11.6. The number of nitrogens with zero attached hydrogens (tertiary/aromatic N) is 1. The number of piperazine rings is 1. The van der Waals surface area contributed by atoms with E-state index in [1.165, 1.54) is 12.1 Å². The molecule has 1 aliphatic heterocycles. The van der Waals surface area contributed by atoms with Crippen molar-refractivity contribution in [3.05, 3.63) is 35.4 Å². The van der Waals surface area contributed by atoms with Gasteiger partial charge < -0.3 is 5.32 Å². The van der Waals surface area contributed by atoms with Crippen LogP contribution in [-0.4, -0.2) is 30.1 Å². The maximum atomic E-state index is 13.2. The van der Waals surface area contributed by atoms with Gasteiger partial charge in [-0.3, -0.25) is 4.90 Å². The van der Waals surface area contributed by atoms with Crippen LogP contribution in [0.4, 0.5) is 8.78 Å². The second-order valence-electron chi connectivity index (χ2n) is 5.45. The predicted octanol–water partition coefficient (Wildman–Crippen LogP) is 2.93. The Hall–Kier alpha value is -1.00. The van der Waals surface area contributed by atoms with Crippen molar-refractivity contribution in [1.82, 2.24) is 10.2 Å². The normalized spacial score (nSPS) is 24.6. The molecule has 2 unspecified atom stereocenters. The van der Waals surface area contributed by atoms with E-state index >= 15 is 0 Å². The van der Waals surface area contributed by atoms with E-state index < -0.39 is 11.6 Å². The first-order chi connectivity index (χ1) is 9.08. The zero-order valence-electron chi connectivity index (χ0n) is 11.6. The lowest BCUT2D eigenvalue weighted by Gasteiger charge is -2.39. The van der Waals surface area contributed by atoms with E-state index in [1.54, 1.807) is 0 Å². The van der Waals surface area contributed by atoms with Gasteiger partial charge in [-0.15, -0.1) is 0 Å². The Morgan fingerprint density at radius 2 is 1.95 bits per heavy atom. The van der Waals surface area contributed by atoms with E-state index in [4.69, 9.17) is 0 Å². The van der Waals surface area contributed by atoms with Crippen molar-refractivity contribution in [3.63, 3.8) is 0 Å². The molecule has 1 aromatic carbocycles. The molecule has 0 aromatic heterocycles. The van der Waals surface area contributed by atoms with Crippen molar-refractivity contribution in [2.45, 2.75) is 45.3 Å². The molecule has 2 rings (SSSR count). The summed E-state index contributed by atoms with van der Waals surface area (Å²) in [6.45, 7) is 6.80. The van der Waals surface area contributed by atoms with Crippen LogP contribution in [0, 0.1) is 11.6 Å². The maximum absolute atomic E-state index is 13.2. The fraction of sp³-hybridized carbons (Fsp3) is 0.600. The minimum absolute atomic E-state index is 0.388. The van der Waals surface area contributed by atoms with Gasteiger partial charge in [0, 0.05) is 37.8 Å². The highest BCUT2D eigenvalue weighted by atomic mass is 19.1. The van der Waals surface area contributed by atoms with Crippen molar-refractivity contribution in [2.75, 3.05) is 13.1 Å². The van der Waals surface area contributed by atoms with Gasteiger partial charge in [-0.05, 0) is 31.0 Å². The number of benzene rings is 1. The van der Waals surface area contributed by atoms with E-state index in [9.17, 15) is 8.78 Å². The predicted molar refractivity (Wildman–Crippen MR) is 72.9 cm³/mol. The van der Waals surface area contributed by atoms with E-state index in [2.05, 4.69) is 24.1 Å². The average Bonchev–Trinajstić information content (AvgIpc) is 2.32. The Labute approximate surface area is 113 Å². The molecule has 1 aliphatic rings. The lowest BCUT2D eigenvalue weighted by atomic mass is 10.0. The summed E-state index contributed by atoms with van der Waals surface area (Å²) in [7, 11) is 0. The van der Waals surface area contributed by atoms with Gasteiger partial charge >= 0.3 is 0 Å². The van der Waals surface area contributed by atoms with Gasteiger partial charge in [0.25, 0.3) is 0 Å². The first-order valence-corrected chi connectivity index (χ1v) is 7.01. The van der Waals surface area contributed by atoms with E-state index in [0.717, 1.165) is 32.0 Å². The molecule has 1 heterocycles. The standard InChI is InChI=1S/C15H22F2N2/c1-3-4-15-10-19(11(2)8-18-15)9-12-5-13(16)7-14(17)6-12/h5-7,11,15,18H,3-4,8-10H2,1-2H3. The smallest absolute Gasteiger partial charge is 0.126 e. The van der Waals surface area contributed by atoms with Gasteiger partial charge in [-0.2, -0.15) is 0 Å². The third-order valence-corrected chi connectivity index (χ3v) is 3.73. The molecule has 106 valence electrons. The summed E-state index contributed by atoms with van der Waals surface area (Å²) in [6.07, 6.45) is 2.29. The summed E-state index contributed by atoms with van der Waals surface area (Å²) < 4.78 is 26.4. The number of rotatable bonds is 4. The Bertz CT molecular complexity index is 402. The lowest BCUT2D eigenvalue weighted by molar-refractivity contribution is 0.129. The van der Waals surface area contributed by atoms with Crippen LogP contribution in [-0.2, 0) is 6.54 Å². The van der Waals surface area contributed by atoms with Gasteiger partial charge in [0.05, 0.1) is 0 Å². The van der Waals surface area contributed by atoms with Gasteiger partial charge in [-0.25, -0.2) is 8.78 Å². The van der Waals surface area contributed by atoms with Gasteiger partial charge in [-0.1, -0.05) is 13.3 Å². The monoisotopic (exact) mass is 268 g/mol. The molecule has 0 amide bonds.